The Kier molecular flexibility index (Phi) is 5.97. The molecule has 0 unspecified atom stereocenters. The molecule has 2 N–H and O–H groups in total. The highest BCUT2D eigenvalue weighted by Gasteiger charge is 2.24. The number of carbonyl (C=O) groups is 1. The van der Waals surface area contributed by atoms with Crippen molar-refractivity contribution in [1.82, 2.24) is 24.6 Å². The van der Waals surface area contributed by atoms with Crippen LogP contribution in [-0.2, 0) is 19.2 Å². The molecule has 30 heavy (non-hydrogen) atoms. The average molecular weight is 427 g/mol. The summed E-state index contributed by atoms with van der Waals surface area (Å²) in [5, 5.41) is 26.9. The van der Waals surface area contributed by atoms with Crippen molar-refractivity contribution in [3.05, 3.63) is 58.8 Å². The predicted molar refractivity (Wildman–Crippen MR) is 113 cm³/mol. The number of aliphatic hydroxyl groups is 1. The van der Waals surface area contributed by atoms with Crippen LogP contribution < -0.4 is 5.32 Å². The van der Waals surface area contributed by atoms with E-state index in [9.17, 15) is 9.90 Å². The summed E-state index contributed by atoms with van der Waals surface area (Å²) in [4.78, 5) is 16.8. The zero-order valence-electron chi connectivity index (χ0n) is 17.2. The van der Waals surface area contributed by atoms with E-state index in [4.69, 9.17) is 16.9 Å². The molecule has 0 saturated heterocycles. The van der Waals surface area contributed by atoms with Crippen LogP contribution in [0.2, 0.25) is 5.02 Å². The average Bonchev–Trinajstić information content (AvgIpc) is 3.28. The molecule has 2 heterocycles. The number of halogens is 1. The molecule has 0 aliphatic heterocycles. The van der Waals surface area contributed by atoms with E-state index in [1.54, 1.807) is 54.5 Å². The predicted octanol–water partition coefficient (Wildman–Crippen LogP) is 2.85. The minimum absolute atomic E-state index is 0.206. The summed E-state index contributed by atoms with van der Waals surface area (Å²) >= 11 is 6.10. The Morgan fingerprint density at radius 1 is 1.40 bits per heavy atom. The van der Waals surface area contributed by atoms with E-state index in [1.165, 1.54) is 0 Å². The molecule has 0 saturated carbocycles. The van der Waals surface area contributed by atoms with Gasteiger partial charge in [-0.05, 0) is 39.0 Å². The largest absolute Gasteiger partial charge is 0.383 e. The highest BCUT2D eigenvalue weighted by molar-refractivity contribution is 6.32. The van der Waals surface area contributed by atoms with Crippen LogP contribution in [0, 0.1) is 11.3 Å². The van der Waals surface area contributed by atoms with Crippen molar-refractivity contribution in [2.24, 2.45) is 7.05 Å². The van der Waals surface area contributed by atoms with Gasteiger partial charge in [-0.25, -0.2) is 4.98 Å². The zero-order valence-corrected chi connectivity index (χ0v) is 18.0. The molecule has 2 aromatic heterocycles. The van der Waals surface area contributed by atoms with E-state index in [2.05, 4.69) is 15.4 Å². The van der Waals surface area contributed by atoms with E-state index in [0.717, 1.165) is 11.3 Å². The van der Waals surface area contributed by atoms with E-state index in [1.807, 2.05) is 25.3 Å². The van der Waals surface area contributed by atoms with Crippen LogP contribution in [0.15, 0.2) is 36.7 Å². The minimum atomic E-state index is -1.14. The molecular formula is C21H23ClN6O2. The number of imidazole rings is 1. The van der Waals surface area contributed by atoms with Crippen LogP contribution in [0.25, 0.3) is 11.3 Å². The van der Waals surface area contributed by atoms with Gasteiger partial charge in [-0.15, -0.1) is 0 Å². The second-order valence-electron chi connectivity index (χ2n) is 7.72. The molecule has 0 fully saturated rings. The normalized spacial score (nSPS) is 12.4. The lowest BCUT2D eigenvalue weighted by molar-refractivity contribution is 0.0657. The molecule has 156 valence electrons. The third-order valence-electron chi connectivity index (χ3n) is 4.52. The monoisotopic (exact) mass is 426 g/mol. The van der Waals surface area contributed by atoms with Gasteiger partial charge in [-0.2, -0.15) is 10.4 Å². The Morgan fingerprint density at radius 2 is 2.13 bits per heavy atom. The SMILES string of the molecule is C[C@@H](Cn1ccc(-c2ccc(C#N)c(Cl)c2)n1)NC(=O)c1cn(C)c(C(C)(C)O)n1. The number of benzene rings is 1. The third-order valence-corrected chi connectivity index (χ3v) is 4.83. The first kappa shape index (κ1) is 21.6. The molecule has 0 aliphatic rings. The number of nitrogens with one attached hydrogen (secondary N) is 1. The molecule has 0 spiro atoms. The van der Waals surface area contributed by atoms with Gasteiger partial charge in [0.05, 0.1) is 22.8 Å². The van der Waals surface area contributed by atoms with Crippen LogP contribution in [0.5, 0.6) is 0 Å². The van der Waals surface area contributed by atoms with E-state index in [-0.39, 0.29) is 17.6 Å². The molecule has 1 amide bonds. The van der Waals surface area contributed by atoms with E-state index < -0.39 is 5.60 Å². The second-order valence-corrected chi connectivity index (χ2v) is 8.13. The molecule has 1 atom stereocenters. The number of amides is 1. The fraction of sp³-hybridized carbons (Fsp3) is 0.333. The fourth-order valence-electron chi connectivity index (χ4n) is 3.15. The first-order chi connectivity index (χ1) is 14.1. The van der Waals surface area contributed by atoms with E-state index in [0.29, 0.717) is 23.0 Å². The lowest BCUT2D eigenvalue weighted by atomic mass is 10.1. The Hall–Kier alpha value is -3.15. The summed E-state index contributed by atoms with van der Waals surface area (Å²) in [5.41, 5.74) is 1.05. The zero-order chi connectivity index (χ0) is 22.1. The first-order valence-corrected chi connectivity index (χ1v) is 9.77. The molecule has 3 rings (SSSR count). The van der Waals surface area contributed by atoms with Gasteiger partial charge in [-0.3, -0.25) is 9.48 Å². The summed E-state index contributed by atoms with van der Waals surface area (Å²) in [5.74, 6) is 0.0953. The number of hydrogen-bond acceptors (Lipinski definition) is 5. The smallest absolute Gasteiger partial charge is 0.271 e. The highest BCUT2D eigenvalue weighted by Crippen LogP contribution is 2.24. The van der Waals surface area contributed by atoms with Crippen molar-refractivity contribution in [2.45, 2.75) is 39.0 Å². The first-order valence-electron chi connectivity index (χ1n) is 9.39. The van der Waals surface area contributed by atoms with Gasteiger partial charge >= 0.3 is 0 Å². The Balaban J connectivity index is 1.66. The number of carbonyl (C=O) groups excluding carboxylic acids is 1. The summed E-state index contributed by atoms with van der Waals surface area (Å²) in [6, 6.07) is 8.84. The van der Waals surface area contributed by atoms with Crippen molar-refractivity contribution >= 4 is 17.5 Å². The van der Waals surface area contributed by atoms with Crippen molar-refractivity contribution < 1.29 is 9.90 Å². The molecule has 9 heteroatoms. The summed E-state index contributed by atoms with van der Waals surface area (Å²) in [6.45, 7) is 5.57. The van der Waals surface area contributed by atoms with Crippen molar-refractivity contribution in [3.63, 3.8) is 0 Å². The maximum absolute atomic E-state index is 12.5. The second kappa shape index (κ2) is 8.30. The Morgan fingerprint density at radius 3 is 2.73 bits per heavy atom. The van der Waals surface area contributed by atoms with Gasteiger partial charge in [0.15, 0.2) is 0 Å². The Bertz CT molecular complexity index is 1120. The van der Waals surface area contributed by atoms with E-state index >= 15 is 0 Å². The van der Waals surface area contributed by atoms with Crippen LogP contribution in [0.3, 0.4) is 0 Å². The van der Waals surface area contributed by atoms with Gasteiger partial charge < -0.3 is 15.0 Å². The van der Waals surface area contributed by atoms with Gasteiger partial charge in [0, 0.05) is 31.0 Å². The maximum Gasteiger partial charge on any atom is 0.271 e. The highest BCUT2D eigenvalue weighted by atomic mass is 35.5. The summed E-state index contributed by atoms with van der Waals surface area (Å²) in [6.07, 6.45) is 3.41. The van der Waals surface area contributed by atoms with Crippen LogP contribution in [-0.4, -0.2) is 36.4 Å². The van der Waals surface area contributed by atoms with Crippen LogP contribution >= 0.6 is 11.6 Å². The number of rotatable bonds is 6. The molecular weight excluding hydrogens is 404 g/mol. The number of hydrogen-bond donors (Lipinski definition) is 2. The molecule has 3 aromatic rings. The quantitative estimate of drug-likeness (QED) is 0.630. The molecule has 0 radical (unpaired) electrons. The van der Waals surface area contributed by atoms with Gasteiger partial charge in [0.2, 0.25) is 0 Å². The third kappa shape index (κ3) is 4.70. The topological polar surface area (TPSA) is 109 Å². The van der Waals surface area contributed by atoms with Crippen molar-refractivity contribution in [3.8, 4) is 17.3 Å². The Labute approximate surface area is 179 Å². The minimum Gasteiger partial charge on any atom is -0.383 e. The maximum atomic E-state index is 12.5. The van der Waals surface area contributed by atoms with Gasteiger partial charge in [0.1, 0.15) is 23.2 Å². The molecule has 0 bridgehead atoms. The summed E-state index contributed by atoms with van der Waals surface area (Å²) in [7, 11) is 1.74. The number of nitrogens with zero attached hydrogens (tertiary/aromatic N) is 5. The van der Waals surface area contributed by atoms with Crippen LogP contribution in [0.1, 0.15) is 42.6 Å². The lowest BCUT2D eigenvalue weighted by Crippen LogP contribution is -2.36. The number of aromatic nitrogens is 4. The summed E-state index contributed by atoms with van der Waals surface area (Å²) < 4.78 is 3.37. The van der Waals surface area contributed by atoms with Gasteiger partial charge in [-0.1, -0.05) is 17.7 Å². The van der Waals surface area contributed by atoms with Crippen LogP contribution in [0.4, 0.5) is 0 Å². The fourth-order valence-corrected chi connectivity index (χ4v) is 3.37. The van der Waals surface area contributed by atoms with Crippen molar-refractivity contribution in [1.29, 1.82) is 5.26 Å². The number of aryl methyl sites for hydroxylation is 1. The van der Waals surface area contributed by atoms with Gasteiger partial charge in [0.25, 0.3) is 5.91 Å². The molecule has 8 nitrogen and oxygen atoms in total. The van der Waals surface area contributed by atoms with Crippen molar-refractivity contribution in [2.75, 3.05) is 0 Å². The standard InChI is InChI=1S/C21H23ClN6O2/c1-13(24-19(29)18-12-27(4)20(25-18)21(2,3)30)11-28-8-7-17(26-28)14-5-6-15(10-23)16(22)9-14/h5-9,12-13,30H,11H2,1-4H3,(H,24,29)/t13-/m0/s1. The molecule has 0 aliphatic carbocycles. The molecule has 1 aromatic carbocycles. The lowest BCUT2D eigenvalue weighted by Gasteiger charge is -2.16. The number of nitriles is 1.